The Balaban J connectivity index is 2.80. The van der Waals surface area contributed by atoms with Gasteiger partial charge in [-0.2, -0.15) is 0 Å². The van der Waals surface area contributed by atoms with Crippen LogP contribution in [0.1, 0.15) is 44.7 Å². The first-order valence-corrected chi connectivity index (χ1v) is 7.33. The van der Waals surface area contributed by atoms with Crippen molar-refractivity contribution >= 4 is 16.5 Å². The van der Waals surface area contributed by atoms with E-state index in [2.05, 4.69) is 45.0 Å². The summed E-state index contributed by atoms with van der Waals surface area (Å²) in [7, 11) is 2.11. The number of anilines is 1. The molecule has 4 heteroatoms. The zero-order chi connectivity index (χ0) is 12.8. The quantitative estimate of drug-likeness (QED) is 0.811. The first-order valence-electron chi connectivity index (χ1n) is 6.51. The Labute approximate surface area is 109 Å². The molecule has 0 fully saturated rings. The normalized spacial score (nSPS) is 11.2. The van der Waals surface area contributed by atoms with Gasteiger partial charge < -0.3 is 10.2 Å². The minimum atomic E-state index is 0.527. The third kappa shape index (κ3) is 4.28. The lowest BCUT2D eigenvalue weighted by atomic mass is 10.2. The summed E-state index contributed by atoms with van der Waals surface area (Å²) in [5, 5.41) is 4.63. The van der Waals surface area contributed by atoms with Crippen LogP contribution in [-0.2, 0) is 13.0 Å². The summed E-state index contributed by atoms with van der Waals surface area (Å²) >= 11 is 1.83. The SMILES string of the molecule is CCCc1nc(N(C)CC)sc1CNC(C)C. The van der Waals surface area contributed by atoms with Crippen LogP contribution in [-0.4, -0.2) is 24.6 Å². The van der Waals surface area contributed by atoms with Crippen LogP contribution in [0.15, 0.2) is 0 Å². The maximum absolute atomic E-state index is 4.75. The van der Waals surface area contributed by atoms with Gasteiger partial charge in [0.1, 0.15) is 0 Å². The van der Waals surface area contributed by atoms with Crippen LogP contribution in [0.2, 0.25) is 0 Å². The summed E-state index contributed by atoms with van der Waals surface area (Å²) in [6.45, 7) is 10.7. The van der Waals surface area contributed by atoms with E-state index < -0.39 is 0 Å². The second-order valence-corrected chi connectivity index (χ2v) is 5.73. The van der Waals surface area contributed by atoms with Crippen LogP contribution in [0.5, 0.6) is 0 Å². The number of thiazole rings is 1. The number of hydrogen-bond acceptors (Lipinski definition) is 4. The van der Waals surface area contributed by atoms with Crippen molar-refractivity contribution in [3.63, 3.8) is 0 Å². The van der Waals surface area contributed by atoms with Gasteiger partial charge in [-0.05, 0) is 13.3 Å². The smallest absolute Gasteiger partial charge is 0.185 e. The second kappa shape index (κ2) is 6.97. The van der Waals surface area contributed by atoms with E-state index in [1.165, 1.54) is 10.6 Å². The summed E-state index contributed by atoms with van der Waals surface area (Å²) in [4.78, 5) is 8.36. The number of nitrogens with one attached hydrogen (secondary N) is 1. The minimum Gasteiger partial charge on any atom is -0.351 e. The van der Waals surface area contributed by atoms with Crippen LogP contribution >= 0.6 is 11.3 Å². The van der Waals surface area contributed by atoms with Crippen molar-refractivity contribution in [3.05, 3.63) is 10.6 Å². The number of nitrogens with zero attached hydrogens (tertiary/aromatic N) is 2. The Kier molecular flexibility index (Phi) is 5.92. The molecule has 0 aliphatic heterocycles. The number of aryl methyl sites for hydroxylation is 1. The van der Waals surface area contributed by atoms with Crippen molar-refractivity contribution in [2.75, 3.05) is 18.5 Å². The van der Waals surface area contributed by atoms with E-state index >= 15 is 0 Å². The summed E-state index contributed by atoms with van der Waals surface area (Å²) in [6, 6.07) is 0.527. The van der Waals surface area contributed by atoms with Gasteiger partial charge in [-0.3, -0.25) is 0 Å². The average molecular weight is 255 g/mol. The molecule has 17 heavy (non-hydrogen) atoms. The van der Waals surface area contributed by atoms with Gasteiger partial charge in [0.05, 0.1) is 5.69 Å². The molecule has 0 atom stereocenters. The molecule has 0 saturated carbocycles. The van der Waals surface area contributed by atoms with Gasteiger partial charge in [0.2, 0.25) is 0 Å². The molecule has 1 rings (SSSR count). The molecule has 0 aliphatic carbocycles. The molecule has 0 saturated heterocycles. The fourth-order valence-electron chi connectivity index (χ4n) is 1.54. The summed E-state index contributed by atoms with van der Waals surface area (Å²) in [5.41, 5.74) is 1.28. The van der Waals surface area contributed by atoms with E-state index in [1.54, 1.807) is 0 Å². The molecule has 0 bridgehead atoms. The molecule has 1 N–H and O–H groups in total. The Bertz CT molecular complexity index is 333. The third-order valence-electron chi connectivity index (χ3n) is 2.73. The largest absolute Gasteiger partial charge is 0.351 e. The molecule has 0 amide bonds. The Morgan fingerprint density at radius 1 is 1.35 bits per heavy atom. The lowest BCUT2D eigenvalue weighted by Crippen LogP contribution is -2.21. The van der Waals surface area contributed by atoms with Crippen molar-refractivity contribution < 1.29 is 0 Å². The van der Waals surface area contributed by atoms with E-state index in [-0.39, 0.29) is 0 Å². The van der Waals surface area contributed by atoms with E-state index in [4.69, 9.17) is 4.98 Å². The standard InChI is InChI=1S/C13H25N3S/c1-6-8-11-12(9-14-10(3)4)17-13(15-11)16(5)7-2/h10,14H,6-9H2,1-5H3. The van der Waals surface area contributed by atoms with Crippen molar-refractivity contribution in [1.29, 1.82) is 0 Å². The topological polar surface area (TPSA) is 28.2 Å². The van der Waals surface area contributed by atoms with Crippen molar-refractivity contribution in [3.8, 4) is 0 Å². The number of hydrogen-bond donors (Lipinski definition) is 1. The number of aromatic nitrogens is 1. The highest BCUT2D eigenvalue weighted by Crippen LogP contribution is 2.26. The monoisotopic (exact) mass is 255 g/mol. The van der Waals surface area contributed by atoms with Crippen molar-refractivity contribution in [1.82, 2.24) is 10.3 Å². The van der Waals surface area contributed by atoms with Gasteiger partial charge in [0, 0.05) is 31.1 Å². The first-order chi connectivity index (χ1) is 8.08. The predicted molar refractivity (Wildman–Crippen MR) is 77.0 cm³/mol. The molecule has 0 spiro atoms. The summed E-state index contributed by atoms with van der Waals surface area (Å²) < 4.78 is 0. The van der Waals surface area contributed by atoms with Gasteiger partial charge in [-0.1, -0.05) is 27.2 Å². The van der Waals surface area contributed by atoms with Crippen LogP contribution in [0, 0.1) is 0 Å². The molecule has 0 unspecified atom stereocenters. The maximum atomic E-state index is 4.75. The maximum Gasteiger partial charge on any atom is 0.185 e. The highest BCUT2D eigenvalue weighted by molar-refractivity contribution is 7.15. The molecule has 3 nitrogen and oxygen atoms in total. The average Bonchev–Trinajstić information content (AvgIpc) is 2.69. The van der Waals surface area contributed by atoms with E-state index in [0.717, 1.165) is 31.1 Å². The minimum absolute atomic E-state index is 0.527. The Hall–Kier alpha value is -0.610. The zero-order valence-corrected chi connectivity index (χ0v) is 12.5. The van der Waals surface area contributed by atoms with E-state index in [1.807, 2.05) is 11.3 Å². The lowest BCUT2D eigenvalue weighted by molar-refractivity contribution is 0.589. The molecule has 1 aromatic heterocycles. The molecular formula is C13H25N3S. The van der Waals surface area contributed by atoms with Gasteiger partial charge in [0.25, 0.3) is 0 Å². The van der Waals surface area contributed by atoms with Crippen LogP contribution in [0.3, 0.4) is 0 Å². The molecular weight excluding hydrogens is 230 g/mol. The zero-order valence-electron chi connectivity index (χ0n) is 11.7. The van der Waals surface area contributed by atoms with Gasteiger partial charge in [-0.25, -0.2) is 4.98 Å². The van der Waals surface area contributed by atoms with Crippen molar-refractivity contribution in [2.24, 2.45) is 0 Å². The third-order valence-corrected chi connectivity index (χ3v) is 3.94. The fourth-order valence-corrected chi connectivity index (χ4v) is 2.62. The highest BCUT2D eigenvalue weighted by atomic mass is 32.1. The molecule has 0 aromatic carbocycles. The van der Waals surface area contributed by atoms with Crippen LogP contribution < -0.4 is 10.2 Å². The molecule has 1 heterocycles. The Morgan fingerprint density at radius 2 is 2.06 bits per heavy atom. The summed E-state index contributed by atoms with van der Waals surface area (Å²) in [6.07, 6.45) is 2.25. The molecule has 0 radical (unpaired) electrons. The number of rotatable bonds is 7. The van der Waals surface area contributed by atoms with E-state index in [0.29, 0.717) is 6.04 Å². The second-order valence-electron chi connectivity index (χ2n) is 4.67. The summed E-state index contributed by atoms with van der Waals surface area (Å²) in [5.74, 6) is 0. The van der Waals surface area contributed by atoms with Gasteiger partial charge >= 0.3 is 0 Å². The molecule has 1 aromatic rings. The first kappa shape index (κ1) is 14.5. The predicted octanol–water partition coefficient (Wildman–Crippen LogP) is 3.05. The fraction of sp³-hybridized carbons (Fsp3) is 0.769. The Morgan fingerprint density at radius 3 is 2.59 bits per heavy atom. The molecule has 0 aliphatic rings. The van der Waals surface area contributed by atoms with Crippen molar-refractivity contribution in [2.45, 2.75) is 53.1 Å². The van der Waals surface area contributed by atoms with Crippen LogP contribution in [0.25, 0.3) is 0 Å². The molecule has 98 valence electrons. The van der Waals surface area contributed by atoms with Gasteiger partial charge in [-0.15, -0.1) is 11.3 Å². The van der Waals surface area contributed by atoms with Gasteiger partial charge in [0.15, 0.2) is 5.13 Å². The highest BCUT2D eigenvalue weighted by Gasteiger charge is 2.12. The lowest BCUT2D eigenvalue weighted by Gasteiger charge is -2.11. The van der Waals surface area contributed by atoms with Crippen LogP contribution in [0.4, 0.5) is 5.13 Å². The van der Waals surface area contributed by atoms with E-state index in [9.17, 15) is 0 Å².